The van der Waals surface area contributed by atoms with Gasteiger partial charge in [0.25, 0.3) is 21.8 Å². The molecule has 0 spiro atoms. The van der Waals surface area contributed by atoms with Crippen LogP contribution in [0.15, 0.2) is 76.1 Å². The fourth-order valence-corrected chi connectivity index (χ4v) is 5.65. The average molecular weight is 620 g/mol. The molecule has 4 aromatic rings. The maximum atomic E-state index is 13.7. The molecule has 2 amide bonds. The quantitative estimate of drug-likeness (QED) is 0.217. The van der Waals surface area contributed by atoms with E-state index >= 15 is 0 Å². The van der Waals surface area contributed by atoms with E-state index in [0.717, 1.165) is 5.56 Å². The smallest absolute Gasteiger partial charge is 0.279 e. The molecule has 1 aliphatic heterocycles. The first-order valence-corrected chi connectivity index (χ1v) is 15.6. The maximum absolute atomic E-state index is 13.7. The topological polar surface area (TPSA) is 146 Å². The molecule has 0 bridgehead atoms. The zero-order valence-corrected chi connectivity index (χ0v) is 25.6. The molecule has 0 fully saturated rings. The Labute approximate surface area is 255 Å². The molecule has 5 rings (SSSR count). The Balaban J connectivity index is 1.45. The van der Waals surface area contributed by atoms with E-state index in [1.54, 1.807) is 61.5 Å². The summed E-state index contributed by atoms with van der Waals surface area (Å²) in [6.45, 7) is 7.71. The number of carbonyl (C=O) groups is 2. The Bertz CT molecular complexity index is 1780. The minimum Gasteiger partial charge on any atom is -0.475 e. The highest BCUT2D eigenvalue weighted by molar-refractivity contribution is 7.90. The number of fused-ring (bicyclic) bond motifs is 1. The third-order valence-corrected chi connectivity index (χ3v) is 8.35. The molecule has 3 aromatic carbocycles. The van der Waals surface area contributed by atoms with Crippen LogP contribution in [0.25, 0.3) is 0 Å². The van der Waals surface area contributed by atoms with Crippen molar-refractivity contribution in [1.82, 2.24) is 9.88 Å². The second-order valence-electron chi connectivity index (χ2n) is 10.7. The Hall–Kier alpha value is -4.84. The van der Waals surface area contributed by atoms with Crippen molar-refractivity contribution >= 4 is 27.7 Å². The lowest BCUT2D eigenvalue weighted by Crippen LogP contribution is -2.37. The zero-order valence-electron chi connectivity index (χ0n) is 24.7. The average Bonchev–Trinajstić information content (AvgIpc) is 3.64. The van der Waals surface area contributed by atoms with Gasteiger partial charge < -0.3 is 24.1 Å². The highest BCUT2D eigenvalue weighted by Crippen LogP contribution is 2.36. The standard InChI is InChI=1S/C32H33N3O8S/c1-5-6-22-16-24(31(36)33-29-15-20(4)43-34-29)10-13-26(22)42-30(23-9-14-27-28(17-23)41-18-40-27)32(37)35-44(38,39)25-11-7-21(8-12-25)19(2)3/h7-17,19,30H,5-6,18H2,1-4H3,(H,35,37)(H,33,34,36). The number of hydrogen-bond acceptors (Lipinski definition) is 9. The first-order valence-electron chi connectivity index (χ1n) is 14.1. The van der Waals surface area contributed by atoms with E-state index < -0.39 is 27.9 Å². The van der Waals surface area contributed by atoms with Gasteiger partial charge in [-0.25, -0.2) is 13.1 Å². The van der Waals surface area contributed by atoms with Gasteiger partial charge in [-0.15, -0.1) is 0 Å². The summed E-state index contributed by atoms with van der Waals surface area (Å²) in [7, 11) is -4.23. The third-order valence-electron chi connectivity index (χ3n) is 6.99. The molecule has 1 aromatic heterocycles. The lowest BCUT2D eigenvalue weighted by atomic mass is 10.0. The fraction of sp³-hybridized carbons (Fsp3) is 0.281. The SMILES string of the molecule is CCCc1cc(C(=O)Nc2cc(C)on2)ccc1OC(C(=O)NS(=O)(=O)c1ccc(C(C)C)cc1)c1ccc2c(c1)OCO2. The summed E-state index contributed by atoms with van der Waals surface area (Å²) in [5, 5.41) is 6.48. The largest absolute Gasteiger partial charge is 0.475 e. The normalized spacial score (nSPS) is 13.0. The Morgan fingerprint density at radius 2 is 1.68 bits per heavy atom. The number of rotatable bonds is 11. The van der Waals surface area contributed by atoms with Gasteiger partial charge in [-0.05, 0) is 72.9 Å². The second kappa shape index (κ2) is 12.8. The number of ether oxygens (including phenoxy) is 3. The van der Waals surface area contributed by atoms with Gasteiger partial charge in [0, 0.05) is 17.2 Å². The van der Waals surface area contributed by atoms with Crippen LogP contribution in [0.4, 0.5) is 5.82 Å². The van der Waals surface area contributed by atoms with E-state index in [1.165, 1.54) is 12.1 Å². The summed E-state index contributed by atoms with van der Waals surface area (Å²) in [5.41, 5.74) is 2.32. The number of aromatic nitrogens is 1. The molecule has 230 valence electrons. The highest BCUT2D eigenvalue weighted by atomic mass is 32.2. The van der Waals surface area contributed by atoms with Gasteiger partial charge in [0.15, 0.2) is 17.3 Å². The van der Waals surface area contributed by atoms with Gasteiger partial charge in [-0.2, -0.15) is 0 Å². The number of benzene rings is 3. The monoisotopic (exact) mass is 619 g/mol. The van der Waals surface area contributed by atoms with Gasteiger partial charge >= 0.3 is 0 Å². The van der Waals surface area contributed by atoms with E-state index in [2.05, 4.69) is 15.2 Å². The summed E-state index contributed by atoms with van der Waals surface area (Å²) in [6, 6.07) is 17.6. The number of aryl methyl sites for hydroxylation is 2. The van der Waals surface area contributed by atoms with Crippen molar-refractivity contribution in [2.45, 2.75) is 57.5 Å². The van der Waals surface area contributed by atoms with Crippen molar-refractivity contribution in [2.75, 3.05) is 12.1 Å². The Kier molecular flexibility index (Phi) is 8.91. The van der Waals surface area contributed by atoms with Crippen LogP contribution in [-0.4, -0.2) is 32.2 Å². The number of amides is 2. The molecular weight excluding hydrogens is 586 g/mol. The predicted molar refractivity (Wildman–Crippen MR) is 161 cm³/mol. The second-order valence-corrected chi connectivity index (χ2v) is 12.3. The van der Waals surface area contributed by atoms with Crippen molar-refractivity contribution < 1.29 is 36.7 Å². The maximum Gasteiger partial charge on any atom is 0.279 e. The first-order chi connectivity index (χ1) is 21.0. The minimum atomic E-state index is -4.23. The number of anilines is 1. The highest BCUT2D eigenvalue weighted by Gasteiger charge is 2.30. The molecule has 0 saturated heterocycles. The van der Waals surface area contributed by atoms with E-state index in [9.17, 15) is 18.0 Å². The number of sulfonamides is 1. The molecule has 44 heavy (non-hydrogen) atoms. The number of nitrogens with zero attached hydrogens (tertiary/aromatic N) is 1. The van der Waals surface area contributed by atoms with Gasteiger partial charge in [0.05, 0.1) is 4.90 Å². The molecular formula is C32H33N3O8S. The summed E-state index contributed by atoms with van der Waals surface area (Å²) in [4.78, 5) is 26.6. The molecule has 0 aliphatic carbocycles. The van der Waals surface area contributed by atoms with Crippen molar-refractivity contribution in [3.8, 4) is 17.2 Å². The van der Waals surface area contributed by atoms with Crippen LogP contribution in [-0.2, 0) is 21.2 Å². The van der Waals surface area contributed by atoms with E-state index in [-0.39, 0.29) is 23.4 Å². The lowest BCUT2D eigenvalue weighted by Gasteiger charge is -2.22. The molecule has 1 aliphatic rings. The van der Waals surface area contributed by atoms with Gasteiger partial charge in [0.2, 0.25) is 12.9 Å². The number of carbonyl (C=O) groups excluding carboxylic acids is 2. The van der Waals surface area contributed by atoms with Gasteiger partial charge in [0.1, 0.15) is 11.5 Å². The predicted octanol–water partition coefficient (Wildman–Crippen LogP) is 5.67. The van der Waals surface area contributed by atoms with E-state index in [1.807, 2.05) is 20.8 Å². The van der Waals surface area contributed by atoms with E-state index in [0.29, 0.717) is 52.5 Å². The van der Waals surface area contributed by atoms with Crippen molar-refractivity contribution in [2.24, 2.45) is 0 Å². The third kappa shape index (κ3) is 6.86. The van der Waals surface area contributed by atoms with Crippen LogP contribution in [0.3, 0.4) is 0 Å². The number of nitrogens with one attached hydrogen (secondary N) is 2. The Morgan fingerprint density at radius 1 is 0.955 bits per heavy atom. The van der Waals surface area contributed by atoms with E-state index in [4.69, 9.17) is 18.7 Å². The van der Waals surface area contributed by atoms with Crippen LogP contribution < -0.4 is 24.2 Å². The van der Waals surface area contributed by atoms with Crippen LogP contribution in [0.1, 0.15) is 72.0 Å². The summed E-state index contributed by atoms with van der Waals surface area (Å²) in [5.74, 6) is 0.963. The van der Waals surface area contributed by atoms with Crippen LogP contribution >= 0.6 is 0 Å². The first kappa shape index (κ1) is 30.6. The molecule has 1 atom stereocenters. The molecule has 0 radical (unpaired) electrons. The molecule has 1 unspecified atom stereocenters. The fourth-order valence-electron chi connectivity index (χ4n) is 4.67. The summed E-state index contributed by atoms with van der Waals surface area (Å²) >= 11 is 0. The zero-order chi connectivity index (χ0) is 31.4. The van der Waals surface area contributed by atoms with Crippen molar-refractivity contribution in [1.29, 1.82) is 0 Å². The van der Waals surface area contributed by atoms with Gasteiger partial charge in [-0.1, -0.05) is 50.5 Å². The number of hydrogen-bond donors (Lipinski definition) is 2. The van der Waals surface area contributed by atoms with Gasteiger partial charge in [-0.3, -0.25) is 9.59 Å². The van der Waals surface area contributed by atoms with Crippen molar-refractivity contribution in [3.63, 3.8) is 0 Å². The van der Waals surface area contributed by atoms with Crippen molar-refractivity contribution in [3.05, 3.63) is 94.7 Å². The summed E-state index contributed by atoms with van der Waals surface area (Å²) in [6.07, 6.45) is -0.149. The molecule has 0 saturated carbocycles. The minimum absolute atomic E-state index is 0.0232. The lowest BCUT2D eigenvalue weighted by molar-refractivity contribution is -0.126. The molecule has 12 heteroatoms. The molecule has 11 nitrogen and oxygen atoms in total. The van der Waals surface area contributed by atoms with Crippen LogP contribution in [0.5, 0.6) is 17.2 Å². The molecule has 2 N–H and O–H groups in total. The molecule has 2 heterocycles. The Morgan fingerprint density at radius 3 is 2.36 bits per heavy atom. The van der Waals surface area contributed by atoms with Crippen LogP contribution in [0.2, 0.25) is 0 Å². The summed E-state index contributed by atoms with van der Waals surface area (Å²) < 4.78 is 50.8. The van der Waals surface area contributed by atoms with Crippen LogP contribution in [0, 0.1) is 6.92 Å².